The van der Waals surface area contributed by atoms with Crippen molar-refractivity contribution in [3.05, 3.63) is 0 Å². The first-order valence-electron chi connectivity index (χ1n) is 6.70. The SMILES string of the molecule is S=C(NCCN1CCCC1)NCC1CCCO1. The molecule has 98 valence electrons. The van der Waals surface area contributed by atoms with Crippen LogP contribution in [-0.4, -0.2) is 55.4 Å². The zero-order valence-electron chi connectivity index (χ0n) is 10.4. The highest BCUT2D eigenvalue weighted by Crippen LogP contribution is 2.10. The number of likely N-dealkylation sites (tertiary alicyclic amines) is 1. The van der Waals surface area contributed by atoms with Crippen LogP contribution < -0.4 is 10.6 Å². The van der Waals surface area contributed by atoms with Crippen LogP contribution in [0.2, 0.25) is 0 Å². The Labute approximate surface area is 109 Å². The second-order valence-electron chi connectivity index (χ2n) is 4.82. The summed E-state index contributed by atoms with van der Waals surface area (Å²) in [4.78, 5) is 2.48. The molecule has 0 radical (unpaired) electrons. The molecule has 2 fully saturated rings. The van der Waals surface area contributed by atoms with Crippen molar-refractivity contribution in [2.24, 2.45) is 0 Å². The van der Waals surface area contributed by atoms with E-state index in [2.05, 4.69) is 15.5 Å². The lowest BCUT2D eigenvalue weighted by Crippen LogP contribution is -2.42. The lowest BCUT2D eigenvalue weighted by Gasteiger charge is -2.17. The third-order valence-corrected chi connectivity index (χ3v) is 3.72. The first-order chi connectivity index (χ1) is 8.34. The van der Waals surface area contributed by atoms with Crippen molar-refractivity contribution in [2.45, 2.75) is 31.8 Å². The highest BCUT2D eigenvalue weighted by atomic mass is 32.1. The Hall–Kier alpha value is -0.390. The van der Waals surface area contributed by atoms with E-state index in [9.17, 15) is 0 Å². The van der Waals surface area contributed by atoms with Gasteiger partial charge in [0.2, 0.25) is 0 Å². The molecule has 0 saturated carbocycles. The smallest absolute Gasteiger partial charge is 0.166 e. The van der Waals surface area contributed by atoms with Crippen LogP contribution in [0.5, 0.6) is 0 Å². The lowest BCUT2D eigenvalue weighted by atomic mass is 10.2. The van der Waals surface area contributed by atoms with Crippen molar-refractivity contribution in [1.82, 2.24) is 15.5 Å². The van der Waals surface area contributed by atoms with Crippen molar-refractivity contribution in [1.29, 1.82) is 0 Å². The van der Waals surface area contributed by atoms with E-state index in [0.717, 1.165) is 37.8 Å². The predicted molar refractivity (Wildman–Crippen MR) is 73.3 cm³/mol. The van der Waals surface area contributed by atoms with Crippen LogP contribution in [0, 0.1) is 0 Å². The van der Waals surface area contributed by atoms with E-state index in [1.807, 2.05) is 0 Å². The molecule has 2 aliphatic heterocycles. The van der Waals surface area contributed by atoms with Gasteiger partial charge in [-0.3, -0.25) is 0 Å². The van der Waals surface area contributed by atoms with Gasteiger partial charge in [0.15, 0.2) is 5.11 Å². The Kier molecular flexibility index (Phi) is 5.48. The fraction of sp³-hybridized carbons (Fsp3) is 0.917. The molecule has 0 spiro atoms. The molecule has 0 amide bonds. The zero-order chi connectivity index (χ0) is 11.9. The summed E-state index contributed by atoms with van der Waals surface area (Å²) >= 11 is 5.23. The van der Waals surface area contributed by atoms with Crippen LogP contribution in [0.25, 0.3) is 0 Å². The lowest BCUT2D eigenvalue weighted by molar-refractivity contribution is 0.114. The maximum absolute atomic E-state index is 5.53. The highest BCUT2D eigenvalue weighted by Gasteiger charge is 2.15. The zero-order valence-corrected chi connectivity index (χ0v) is 11.2. The summed E-state index contributed by atoms with van der Waals surface area (Å²) in [5, 5.41) is 7.25. The van der Waals surface area contributed by atoms with Crippen LogP contribution in [0.4, 0.5) is 0 Å². The van der Waals surface area contributed by atoms with Gasteiger partial charge in [0.25, 0.3) is 0 Å². The number of hydrogen-bond acceptors (Lipinski definition) is 3. The van der Waals surface area contributed by atoms with E-state index in [1.54, 1.807) is 0 Å². The topological polar surface area (TPSA) is 36.5 Å². The first-order valence-corrected chi connectivity index (χ1v) is 7.11. The first kappa shape index (κ1) is 13.1. The summed E-state index contributed by atoms with van der Waals surface area (Å²) in [6.07, 6.45) is 5.39. The van der Waals surface area contributed by atoms with E-state index < -0.39 is 0 Å². The monoisotopic (exact) mass is 257 g/mol. The van der Waals surface area contributed by atoms with Gasteiger partial charge in [0.05, 0.1) is 6.10 Å². The fourth-order valence-electron chi connectivity index (χ4n) is 2.41. The molecule has 0 aromatic heterocycles. The van der Waals surface area contributed by atoms with Gasteiger partial charge in [-0.1, -0.05) is 0 Å². The molecule has 1 atom stereocenters. The van der Waals surface area contributed by atoms with Gasteiger partial charge in [0.1, 0.15) is 0 Å². The Balaban J connectivity index is 1.48. The molecule has 2 N–H and O–H groups in total. The molecule has 1 unspecified atom stereocenters. The number of rotatable bonds is 5. The van der Waals surface area contributed by atoms with Gasteiger partial charge in [-0.25, -0.2) is 0 Å². The van der Waals surface area contributed by atoms with Crippen LogP contribution in [0.15, 0.2) is 0 Å². The molecule has 2 aliphatic rings. The molecular formula is C12H23N3OS. The highest BCUT2D eigenvalue weighted by molar-refractivity contribution is 7.80. The average Bonchev–Trinajstić information content (AvgIpc) is 2.99. The molecule has 2 heterocycles. The second-order valence-corrected chi connectivity index (χ2v) is 5.23. The minimum atomic E-state index is 0.355. The van der Waals surface area contributed by atoms with Gasteiger partial charge in [0, 0.05) is 26.2 Å². The predicted octanol–water partition coefficient (Wildman–Crippen LogP) is 0.725. The number of thiocarbonyl (C=S) groups is 1. The average molecular weight is 257 g/mol. The quantitative estimate of drug-likeness (QED) is 0.710. The summed E-state index contributed by atoms with van der Waals surface area (Å²) in [5.74, 6) is 0. The fourth-order valence-corrected chi connectivity index (χ4v) is 2.59. The van der Waals surface area contributed by atoms with Gasteiger partial charge >= 0.3 is 0 Å². The van der Waals surface area contributed by atoms with Crippen molar-refractivity contribution >= 4 is 17.3 Å². The van der Waals surface area contributed by atoms with E-state index in [-0.39, 0.29) is 0 Å². The standard InChI is InChI=1S/C12H23N3OS/c17-12(14-10-11-4-3-9-16-11)13-5-8-15-6-1-2-7-15/h11H,1-10H2,(H2,13,14,17). The Morgan fingerprint density at radius 1 is 1.24 bits per heavy atom. The van der Waals surface area contributed by atoms with Crippen LogP contribution in [0.3, 0.4) is 0 Å². The van der Waals surface area contributed by atoms with E-state index in [1.165, 1.54) is 32.4 Å². The Morgan fingerprint density at radius 3 is 2.76 bits per heavy atom. The molecular weight excluding hydrogens is 234 g/mol. The van der Waals surface area contributed by atoms with Crippen molar-refractivity contribution < 1.29 is 4.74 Å². The Bertz CT molecular complexity index is 238. The number of ether oxygens (including phenoxy) is 1. The summed E-state index contributed by atoms with van der Waals surface area (Å²) in [5.41, 5.74) is 0. The summed E-state index contributed by atoms with van der Waals surface area (Å²) in [6.45, 7) is 6.28. The molecule has 4 nitrogen and oxygen atoms in total. The third kappa shape index (κ3) is 4.77. The van der Waals surface area contributed by atoms with E-state index in [0.29, 0.717) is 6.10 Å². The molecule has 0 aliphatic carbocycles. The number of nitrogens with zero attached hydrogens (tertiary/aromatic N) is 1. The minimum Gasteiger partial charge on any atom is -0.376 e. The number of hydrogen-bond donors (Lipinski definition) is 2. The summed E-state index contributed by atoms with van der Waals surface area (Å²) < 4.78 is 5.53. The van der Waals surface area contributed by atoms with Crippen molar-refractivity contribution in [3.63, 3.8) is 0 Å². The third-order valence-electron chi connectivity index (χ3n) is 3.43. The molecule has 17 heavy (non-hydrogen) atoms. The van der Waals surface area contributed by atoms with Crippen LogP contribution in [-0.2, 0) is 4.74 Å². The van der Waals surface area contributed by atoms with E-state index >= 15 is 0 Å². The minimum absolute atomic E-state index is 0.355. The molecule has 5 heteroatoms. The van der Waals surface area contributed by atoms with Crippen molar-refractivity contribution in [3.8, 4) is 0 Å². The van der Waals surface area contributed by atoms with Crippen LogP contribution >= 0.6 is 12.2 Å². The normalized spacial score (nSPS) is 25.1. The maximum Gasteiger partial charge on any atom is 0.166 e. The van der Waals surface area contributed by atoms with Gasteiger partial charge in [-0.15, -0.1) is 0 Å². The van der Waals surface area contributed by atoms with Gasteiger partial charge in [-0.05, 0) is 51.0 Å². The largest absolute Gasteiger partial charge is 0.376 e. The second kappa shape index (κ2) is 7.13. The summed E-state index contributed by atoms with van der Waals surface area (Å²) in [7, 11) is 0. The van der Waals surface area contributed by atoms with Gasteiger partial charge in [-0.2, -0.15) is 0 Å². The molecule has 2 rings (SSSR count). The van der Waals surface area contributed by atoms with Crippen molar-refractivity contribution in [2.75, 3.05) is 39.3 Å². The number of nitrogens with one attached hydrogen (secondary N) is 2. The van der Waals surface area contributed by atoms with Gasteiger partial charge < -0.3 is 20.3 Å². The summed E-state index contributed by atoms with van der Waals surface area (Å²) in [6, 6.07) is 0. The molecule has 2 saturated heterocycles. The Morgan fingerprint density at radius 2 is 2.06 bits per heavy atom. The van der Waals surface area contributed by atoms with Crippen LogP contribution in [0.1, 0.15) is 25.7 Å². The molecule has 0 aromatic rings. The molecule has 0 bridgehead atoms. The maximum atomic E-state index is 5.53. The van der Waals surface area contributed by atoms with E-state index in [4.69, 9.17) is 17.0 Å². The molecule has 0 aromatic carbocycles.